The molecule has 0 saturated heterocycles. The minimum absolute atomic E-state index is 0.0645. The van der Waals surface area contributed by atoms with Crippen molar-refractivity contribution < 1.29 is 28.6 Å². The molecule has 0 fully saturated rings. The van der Waals surface area contributed by atoms with Crippen LogP contribution in [0.3, 0.4) is 0 Å². The Bertz CT molecular complexity index is 766. The van der Waals surface area contributed by atoms with Gasteiger partial charge < -0.3 is 14.2 Å². The van der Waals surface area contributed by atoms with Gasteiger partial charge in [0.2, 0.25) is 0 Å². The normalized spacial score (nSPS) is 11.9. The number of carbonyl (C=O) groups excluding carboxylic acids is 3. The van der Waals surface area contributed by atoms with E-state index in [2.05, 4.69) is 27.7 Å². The summed E-state index contributed by atoms with van der Waals surface area (Å²) in [7, 11) is 0. The van der Waals surface area contributed by atoms with E-state index in [1.54, 1.807) is 0 Å². The summed E-state index contributed by atoms with van der Waals surface area (Å²) in [6.07, 6.45) is 38.1. The maximum absolute atomic E-state index is 12.6. The third-order valence-corrected chi connectivity index (χ3v) is 10.0. The van der Waals surface area contributed by atoms with E-state index in [0.717, 1.165) is 63.7 Å². The van der Waals surface area contributed by atoms with Crippen LogP contribution in [0.25, 0.3) is 0 Å². The molecular formula is C45H86O6. The van der Waals surface area contributed by atoms with Crippen LogP contribution in [0.5, 0.6) is 0 Å². The van der Waals surface area contributed by atoms with E-state index in [1.165, 1.54) is 141 Å². The van der Waals surface area contributed by atoms with Crippen LogP contribution >= 0.6 is 0 Å². The third-order valence-electron chi connectivity index (χ3n) is 10.0. The number of carbonyl (C=O) groups is 3. The molecule has 0 heterocycles. The predicted octanol–water partition coefficient (Wildman–Crippen LogP) is 13.9. The number of rotatable bonds is 40. The van der Waals surface area contributed by atoms with Crippen LogP contribution in [-0.4, -0.2) is 37.2 Å². The maximum Gasteiger partial charge on any atom is 0.306 e. The second-order valence-electron chi connectivity index (χ2n) is 15.8. The van der Waals surface area contributed by atoms with E-state index < -0.39 is 6.10 Å². The number of unbranched alkanes of at least 4 members (excludes halogenated alkanes) is 27. The number of esters is 3. The highest BCUT2D eigenvalue weighted by Gasteiger charge is 2.19. The fourth-order valence-corrected chi connectivity index (χ4v) is 6.63. The highest BCUT2D eigenvalue weighted by Crippen LogP contribution is 2.16. The number of hydrogen-bond donors (Lipinski definition) is 0. The van der Waals surface area contributed by atoms with Crippen molar-refractivity contribution in [3.05, 3.63) is 0 Å². The molecule has 0 aliphatic carbocycles. The Morgan fingerprint density at radius 1 is 0.373 bits per heavy atom. The van der Waals surface area contributed by atoms with E-state index in [-0.39, 0.29) is 31.1 Å². The molecular weight excluding hydrogens is 636 g/mol. The second-order valence-corrected chi connectivity index (χ2v) is 15.8. The van der Waals surface area contributed by atoms with Crippen molar-refractivity contribution in [2.45, 2.75) is 252 Å². The van der Waals surface area contributed by atoms with Gasteiger partial charge >= 0.3 is 17.9 Å². The molecule has 0 spiro atoms. The Kier molecular flexibility index (Phi) is 38.4. The van der Waals surface area contributed by atoms with Crippen LogP contribution in [0.15, 0.2) is 0 Å². The second kappa shape index (κ2) is 39.6. The van der Waals surface area contributed by atoms with Crippen molar-refractivity contribution in [2.24, 2.45) is 5.92 Å². The van der Waals surface area contributed by atoms with Crippen LogP contribution in [0.2, 0.25) is 0 Å². The molecule has 0 rings (SSSR count). The number of hydrogen-bond acceptors (Lipinski definition) is 6. The van der Waals surface area contributed by atoms with Gasteiger partial charge in [-0.05, 0) is 25.2 Å². The Balaban J connectivity index is 4.24. The van der Waals surface area contributed by atoms with Crippen LogP contribution in [-0.2, 0) is 28.6 Å². The predicted molar refractivity (Wildman–Crippen MR) is 215 cm³/mol. The lowest BCUT2D eigenvalue weighted by atomic mass is 10.0. The van der Waals surface area contributed by atoms with Gasteiger partial charge in [-0.15, -0.1) is 0 Å². The standard InChI is InChI=1S/C45H86O6/c1-5-7-9-11-13-14-15-16-17-18-21-25-28-32-36-43(46)49-39-42(51-45(48)38-34-30-23-12-10-8-6-2)40-50-44(47)37-33-29-26-22-19-20-24-27-31-35-41(3)4/h41-42H,5-40H2,1-4H3/t42-/m1/s1. The van der Waals surface area contributed by atoms with E-state index in [9.17, 15) is 14.4 Å². The topological polar surface area (TPSA) is 78.9 Å². The zero-order valence-corrected chi connectivity index (χ0v) is 34.6. The van der Waals surface area contributed by atoms with Crippen LogP contribution in [0, 0.1) is 5.92 Å². The van der Waals surface area contributed by atoms with Crippen molar-refractivity contribution in [3.8, 4) is 0 Å². The Labute approximate surface area is 317 Å². The SMILES string of the molecule is CCCCCCCCCCCCCCCCC(=O)OC[C@H](COC(=O)CCCCCCCCCCCC(C)C)OC(=O)CCCCCCCCC. The smallest absolute Gasteiger partial charge is 0.306 e. The molecule has 6 nitrogen and oxygen atoms in total. The van der Waals surface area contributed by atoms with Crippen molar-refractivity contribution in [2.75, 3.05) is 13.2 Å². The lowest BCUT2D eigenvalue weighted by Gasteiger charge is -2.18. The van der Waals surface area contributed by atoms with Gasteiger partial charge in [-0.25, -0.2) is 0 Å². The van der Waals surface area contributed by atoms with Gasteiger partial charge in [-0.1, -0.05) is 207 Å². The summed E-state index contributed by atoms with van der Waals surface area (Å²) < 4.78 is 16.6. The largest absolute Gasteiger partial charge is 0.462 e. The van der Waals surface area contributed by atoms with Crippen molar-refractivity contribution >= 4 is 17.9 Å². The lowest BCUT2D eigenvalue weighted by molar-refractivity contribution is -0.167. The molecule has 0 unspecified atom stereocenters. The van der Waals surface area contributed by atoms with Gasteiger partial charge in [0, 0.05) is 19.3 Å². The fraction of sp³-hybridized carbons (Fsp3) is 0.933. The highest BCUT2D eigenvalue weighted by molar-refractivity contribution is 5.71. The average molecular weight is 723 g/mol. The molecule has 0 aliphatic heterocycles. The molecule has 0 aliphatic rings. The monoisotopic (exact) mass is 723 g/mol. The van der Waals surface area contributed by atoms with Gasteiger partial charge in [0.05, 0.1) is 0 Å². The first-order valence-corrected chi connectivity index (χ1v) is 22.4. The first-order chi connectivity index (χ1) is 24.9. The summed E-state index contributed by atoms with van der Waals surface area (Å²) in [4.78, 5) is 37.5. The molecule has 0 bridgehead atoms. The molecule has 0 aromatic heterocycles. The van der Waals surface area contributed by atoms with Crippen LogP contribution in [0.1, 0.15) is 246 Å². The first-order valence-electron chi connectivity index (χ1n) is 22.4. The van der Waals surface area contributed by atoms with Crippen LogP contribution < -0.4 is 0 Å². The molecule has 0 amide bonds. The minimum Gasteiger partial charge on any atom is -0.462 e. The van der Waals surface area contributed by atoms with Crippen molar-refractivity contribution in [1.82, 2.24) is 0 Å². The van der Waals surface area contributed by atoms with Gasteiger partial charge in [0.15, 0.2) is 6.10 Å². The Hall–Kier alpha value is -1.59. The van der Waals surface area contributed by atoms with Gasteiger partial charge in [0.25, 0.3) is 0 Å². The third kappa shape index (κ3) is 39.5. The molecule has 51 heavy (non-hydrogen) atoms. The van der Waals surface area contributed by atoms with Gasteiger partial charge in [-0.3, -0.25) is 14.4 Å². The Morgan fingerprint density at radius 3 is 0.961 bits per heavy atom. The lowest BCUT2D eigenvalue weighted by Crippen LogP contribution is -2.30. The summed E-state index contributed by atoms with van der Waals surface area (Å²) in [6, 6.07) is 0. The molecule has 0 aromatic rings. The minimum atomic E-state index is -0.758. The molecule has 0 N–H and O–H groups in total. The summed E-state index contributed by atoms with van der Waals surface area (Å²) in [5.41, 5.74) is 0. The van der Waals surface area contributed by atoms with Crippen LogP contribution in [0.4, 0.5) is 0 Å². The highest BCUT2D eigenvalue weighted by atomic mass is 16.6. The summed E-state index contributed by atoms with van der Waals surface area (Å²) in [6.45, 7) is 8.93. The molecule has 0 radical (unpaired) electrons. The summed E-state index contributed by atoms with van der Waals surface area (Å²) in [5, 5.41) is 0. The fourth-order valence-electron chi connectivity index (χ4n) is 6.63. The van der Waals surface area contributed by atoms with E-state index in [0.29, 0.717) is 19.3 Å². The molecule has 1 atom stereocenters. The zero-order valence-electron chi connectivity index (χ0n) is 34.6. The van der Waals surface area contributed by atoms with Gasteiger partial charge in [-0.2, -0.15) is 0 Å². The first kappa shape index (κ1) is 49.4. The average Bonchev–Trinajstić information content (AvgIpc) is 3.11. The maximum atomic E-state index is 12.6. The quantitative estimate of drug-likeness (QED) is 0.0356. The zero-order chi connectivity index (χ0) is 37.5. The van der Waals surface area contributed by atoms with E-state index >= 15 is 0 Å². The number of ether oxygens (including phenoxy) is 3. The molecule has 6 heteroatoms. The van der Waals surface area contributed by atoms with E-state index in [1.807, 2.05) is 0 Å². The summed E-state index contributed by atoms with van der Waals surface area (Å²) >= 11 is 0. The van der Waals surface area contributed by atoms with E-state index in [4.69, 9.17) is 14.2 Å². The van der Waals surface area contributed by atoms with Crippen molar-refractivity contribution in [1.29, 1.82) is 0 Å². The summed E-state index contributed by atoms with van der Waals surface area (Å²) in [5.74, 6) is -0.0538. The molecule has 0 aromatic carbocycles. The molecule has 302 valence electrons. The molecule has 0 saturated carbocycles. The van der Waals surface area contributed by atoms with Gasteiger partial charge in [0.1, 0.15) is 13.2 Å². The Morgan fingerprint density at radius 2 is 0.647 bits per heavy atom. The van der Waals surface area contributed by atoms with Crippen molar-refractivity contribution in [3.63, 3.8) is 0 Å².